The second-order valence-corrected chi connectivity index (χ2v) is 2.03. The molecule has 0 nitrogen and oxygen atoms in total. The Morgan fingerprint density at radius 1 is 1.12 bits per heavy atom. The first kappa shape index (κ1) is 11.5. The number of hydrogen-bond donors (Lipinski definition) is 0. The van der Waals surface area contributed by atoms with Crippen molar-refractivity contribution in [3.63, 3.8) is 0 Å². The summed E-state index contributed by atoms with van der Waals surface area (Å²) in [6, 6.07) is 0. The van der Waals surface area contributed by atoms with Gasteiger partial charge in [0, 0.05) is 5.75 Å². The fourth-order valence-corrected chi connectivity index (χ4v) is 0.881. The number of hydrogen-bond acceptors (Lipinski definition) is 1. The van der Waals surface area contributed by atoms with Crippen LogP contribution in [0.2, 0.25) is 0 Å². The summed E-state index contributed by atoms with van der Waals surface area (Å²) < 4.78 is 0. The Labute approximate surface area is 61.4 Å². The minimum Gasteiger partial charge on any atom is -0.153 e. The van der Waals surface area contributed by atoms with Crippen LogP contribution in [0.25, 0.3) is 0 Å². The summed E-state index contributed by atoms with van der Waals surface area (Å²) in [6.45, 7) is 0. The molecule has 0 amide bonds. The molecule has 1 rings (SSSR count). The van der Waals surface area contributed by atoms with E-state index in [-0.39, 0.29) is 19.8 Å². The van der Waals surface area contributed by atoms with Crippen molar-refractivity contribution in [1.29, 1.82) is 0 Å². The minimum atomic E-state index is 0. The monoisotopic (exact) mass is 166 g/mol. The molecule has 0 N–H and O–H groups in total. The standard InChI is InChI=1S/C5H6S.2H3P/c1-2-4-6-5-3-1;;/h1-4H,5H2;2*1H3. The molecule has 8 heavy (non-hydrogen) atoms. The van der Waals surface area contributed by atoms with Gasteiger partial charge in [-0.2, -0.15) is 19.8 Å². The van der Waals surface area contributed by atoms with E-state index in [9.17, 15) is 0 Å². The first-order valence-electron chi connectivity index (χ1n) is 1.93. The smallest absolute Gasteiger partial charge is 0.0157 e. The molecule has 0 bridgehead atoms. The van der Waals surface area contributed by atoms with Crippen LogP contribution in [0.4, 0.5) is 0 Å². The van der Waals surface area contributed by atoms with Crippen LogP contribution in [0.15, 0.2) is 23.6 Å². The highest BCUT2D eigenvalue weighted by Crippen LogP contribution is 2.05. The van der Waals surface area contributed by atoms with E-state index in [4.69, 9.17) is 0 Å². The van der Waals surface area contributed by atoms with Gasteiger partial charge in [-0.1, -0.05) is 18.2 Å². The largest absolute Gasteiger partial charge is 0.153 e. The third-order valence-corrected chi connectivity index (χ3v) is 1.35. The molecule has 1 aliphatic heterocycles. The Balaban J connectivity index is 0. The van der Waals surface area contributed by atoms with Crippen molar-refractivity contribution in [2.75, 3.05) is 5.75 Å². The normalized spacial score (nSPS) is 14.0. The lowest BCUT2D eigenvalue weighted by Gasteiger charge is -1.88. The molecule has 0 aromatic carbocycles. The van der Waals surface area contributed by atoms with Gasteiger partial charge in [-0.3, -0.25) is 0 Å². The first-order valence-corrected chi connectivity index (χ1v) is 2.98. The van der Waals surface area contributed by atoms with E-state index in [0.29, 0.717) is 0 Å². The molecular formula is C5H12P2S. The van der Waals surface area contributed by atoms with Gasteiger partial charge in [0.05, 0.1) is 0 Å². The molecule has 0 saturated heterocycles. The van der Waals surface area contributed by atoms with E-state index in [1.165, 1.54) is 0 Å². The fraction of sp³-hybridized carbons (Fsp3) is 0.200. The molecule has 0 radical (unpaired) electrons. The SMILES string of the molecule is C1=CCSC=C1.P.P. The van der Waals surface area contributed by atoms with Crippen molar-refractivity contribution < 1.29 is 0 Å². The number of allylic oxidation sites excluding steroid dienone is 2. The lowest BCUT2D eigenvalue weighted by Crippen LogP contribution is -1.67. The fourth-order valence-electron chi connectivity index (χ4n) is 0.346. The maximum Gasteiger partial charge on any atom is 0.0157 e. The Morgan fingerprint density at radius 2 is 1.88 bits per heavy atom. The lowest BCUT2D eigenvalue weighted by molar-refractivity contribution is 1.74. The Hall–Kier alpha value is 0.690. The van der Waals surface area contributed by atoms with Gasteiger partial charge in [0.15, 0.2) is 0 Å². The Morgan fingerprint density at radius 3 is 2.00 bits per heavy atom. The number of thioether (sulfide) groups is 1. The zero-order chi connectivity index (χ0) is 4.24. The maximum absolute atomic E-state index is 2.14. The molecular weight excluding hydrogens is 154 g/mol. The van der Waals surface area contributed by atoms with Crippen LogP contribution in [0.5, 0.6) is 0 Å². The minimum absolute atomic E-state index is 0. The predicted octanol–water partition coefficient (Wildman–Crippen LogP) is 1.92. The summed E-state index contributed by atoms with van der Waals surface area (Å²) in [7, 11) is 0. The predicted molar refractivity (Wildman–Crippen MR) is 52.9 cm³/mol. The third-order valence-electron chi connectivity index (χ3n) is 0.614. The summed E-state index contributed by atoms with van der Waals surface area (Å²) in [5, 5.41) is 2.10. The van der Waals surface area contributed by atoms with Gasteiger partial charge in [-0.05, 0) is 5.41 Å². The van der Waals surface area contributed by atoms with E-state index < -0.39 is 0 Å². The second-order valence-electron chi connectivity index (χ2n) is 1.09. The van der Waals surface area contributed by atoms with Gasteiger partial charge in [-0.15, -0.1) is 11.8 Å². The van der Waals surface area contributed by atoms with Crippen molar-refractivity contribution >= 4 is 31.6 Å². The van der Waals surface area contributed by atoms with Crippen molar-refractivity contribution in [3.8, 4) is 0 Å². The summed E-state index contributed by atoms with van der Waals surface area (Å²) in [4.78, 5) is 0. The molecule has 48 valence electrons. The molecule has 2 atom stereocenters. The molecule has 3 heteroatoms. The van der Waals surface area contributed by atoms with E-state index >= 15 is 0 Å². The van der Waals surface area contributed by atoms with E-state index in [1.807, 2.05) is 17.8 Å². The molecule has 2 unspecified atom stereocenters. The molecule has 1 aliphatic rings. The Kier molecular flexibility index (Phi) is 11.0. The van der Waals surface area contributed by atoms with Crippen molar-refractivity contribution in [2.24, 2.45) is 0 Å². The zero-order valence-corrected chi connectivity index (χ0v) is 8.48. The van der Waals surface area contributed by atoms with Crippen molar-refractivity contribution in [2.45, 2.75) is 0 Å². The average Bonchev–Trinajstić information content (AvgIpc) is 1.72. The molecule has 0 spiro atoms. The maximum atomic E-state index is 2.14. The van der Waals surface area contributed by atoms with Crippen molar-refractivity contribution in [1.82, 2.24) is 0 Å². The molecule has 0 aliphatic carbocycles. The second kappa shape index (κ2) is 7.69. The van der Waals surface area contributed by atoms with E-state index in [0.717, 1.165) is 5.75 Å². The topological polar surface area (TPSA) is 0 Å². The summed E-state index contributed by atoms with van der Waals surface area (Å²) >= 11 is 1.83. The van der Waals surface area contributed by atoms with Crippen LogP contribution in [-0.2, 0) is 0 Å². The zero-order valence-electron chi connectivity index (χ0n) is 4.84. The van der Waals surface area contributed by atoms with Gasteiger partial charge < -0.3 is 0 Å². The first-order chi connectivity index (χ1) is 3.00. The van der Waals surface area contributed by atoms with Crippen LogP contribution in [-0.4, -0.2) is 5.75 Å². The van der Waals surface area contributed by atoms with E-state index in [2.05, 4.69) is 17.6 Å². The summed E-state index contributed by atoms with van der Waals surface area (Å²) in [5.74, 6) is 1.15. The molecule has 0 fully saturated rings. The summed E-state index contributed by atoms with van der Waals surface area (Å²) in [6.07, 6.45) is 6.26. The van der Waals surface area contributed by atoms with Crippen LogP contribution in [0, 0.1) is 0 Å². The third kappa shape index (κ3) is 4.84. The van der Waals surface area contributed by atoms with Gasteiger partial charge in [0.25, 0.3) is 0 Å². The van der Waals surface area contributed by atoms with E-state index in [1.54, 1.807) is 0 Å². The molecule has 1 heterocycles. The van der Waals surface area contributed by atoms with Crippen LogP contribution in [0.3, 0.4) is 0 Å². The quantitative estimate of drug-likeness (QED) is 0.495. The Bertz CT molecular complexity index is 76.4. The van der Waals surface area contributed by atoms with Gasteiger partial charge >= 0.3 is 0 Å². The van der Waals surface area contributed by atoms with Gasteiger partial charge in [0.1, 0.15) is 0 Å². The van der Waals surface area contributed by atoms with Crippen LogP contribution < -0.4 is 0 Å². The molecule has 0 saturated carbocycles. The lowest BCUT2D eigenvalue weighted by atomic mass is 10.5. The molecule has 0 aromatic rings. The summed E-state index contributed by atoms with van der Waals surface area (Å²) in [5.41, 5.74) is 0. The van der Waals surface area contributed by atoms with Crippen LogP contribution >= 0.6 is 31.6 Å². The highest BCUT2D eigenvalue weighted by Gasteiger charge is 1.77. The van der Waals surface area contributed by atoms with Gasteiger partial charge in [0.2, 0.25) is 0 Å². The highest BCUT2D eigenvalue weighted by atomic mass is 32.2. The number of rotatable bonds is 0. The highest BCUT2D eigenvalue weighted by molar-refractivity contribution is 8.02. The average molecular weight is 166 g/mol. The van der Waals surface area contributed by atoms with Gasteiger partial charge in [-0.25, -0.2) is 0 Å². The van der Waals surface area contributed by atoms with Crippen molar-refractivity contribution in [3.05, 3.63) is 23.6 Å². The molecule has 0 aromatic heterocycles. The van der Waals surface area contributed by atoms with Crippen LogP contribution in [0.1, 0.15) is 0 Å².